The Bertz CT molecular complexity index is 519. The van der Waals surface area contributed by atoms with Gasteiger partial charge in [-0.2, -0.15) is 0 Å². The minimum Gasteiger partial charge on any atom is -0.356 e. The average molecular weight is 494 g/mol. The SMILES string of the molecule is CN=C(NCCCSc1ccc(F)cc1)NCCC1CCN(C)CC1.I. The van der Waals surface area contributed by atoms with Gasteiger partial charge in [0.1, 0.15) is 5.82 Å². The van der Waals surface area contributed by atoms with Crippen molar-refractivity contribution in [3.8, 4) is 0 Å². The molecular weight excluding hydrogens is 462 g/mol. The summed E-state index contributed by atoms with van der Waals surface area (Å²) in [5, 5.41) is 6.79. The smallest absolute Gasteiger partial charge is 0.190 e. The Morgan fingerprint density at radius 2 is 1.85 bits per heavy atom. The molecule has 4 nitrogen and oxygen atoms in total. The predicted molar refractivity (Wildman–Crippen MR) is 121 cm³/mol. The van der Waals surface area contributed by atoms with Crippen LogP contribution in [0.2, 0.25) is 0 Å². The summed E-state index contributed by atoms with van der Waals surface area (Å²) in [6.07, 6.45) is 4.88. The fraction of sp³-hybridized carbons (Fsp3) is 0.632. The summed E-state index contributed by atoms with van der Waals surface area (Å²) in [5.41, 5.74) is 0. The molecule has 148 valence electrons. The molecule has 26 heavy (non-hydrogen) atoms. The Kier molecular flexibility index (Phi) is 12.3. The second kappa shape index (κ2) is 13.6. The van der Waals surface area contributed by atoms with Crippen molar-refractivity contribution in [2.75, 3.05) is 46.0 Å². The first-order valence-corrected chi connectivity index (χ1v) is 10.2. The first-order valence-electron chi connectivity index (χ1n) is 9.19. The van der Waals surface area contributed by atoms with Gasteiger partial charge in [0.2, 0.25) is 0 Å². The fourth-order valence-corrected chi connectivity index (χ4v) is 3.82. The van der Waals surface area contributed by atoms with Crippen LogP contribution >= 0.6 is 35.7 Å². The molecule has 1 fully saturated rings. The second-order valence-electron chi connectivity index (χ2n) is 6.62. The van der Waals surface area contributed by atoms with Gasteiger partial charge in [0.25, 0.3) is 0 Å². The number of likely N-dealkylation sites (tertiary alicyclic amines) is 1. The van der Waals surface area contributed by atoms with E-state index >= 15 is 0 Å². The number of nitrogens with zero attached hydrogens (tertiary/aromatic N) is 2. The van der Waals surface area contributed by atoms with Crippen LogP contribution in [0.25, 0.3) is 0 Å². The largest absolute Gasteiger partial charge is 0.356 e. The highest BCUT2D eigenvalue weighted by atomic mass is 127. The summed E-state index contributed by atoms with van der Waals surface area (Å²) >= 11 is 1.75. The van der Waals surface area contributed by atoms with E-state index in [1.54, 1.807) is 11.8 Å². The fourth-order valence-electron chi connectivity index (χ4n) is 2.97. The maximum atomic E-state index is 12.9. The lowest BCUT2D eigenvalue weighted by Gasteiger charge is -2.29. The van der Waals surface area contributed by atoms with Crippen LogP contribution in [-0.2, 0) is 0 Å². The molecule has 0 amide bonds. The summed E-state index contributed by atoms with van der Waals surface area (Å²) in [7, 11) is 4.02. The number of thioether (sulfide) groups is 1. The van der Waals surface area contributed by atoms with Gasteiger partial charge in [0.15, 0.2) is 5.96 Å². The highest BCUT2D eigenvalue weighted by molar-refractivity contribution is 14.0. The van der Waals surface area contributed by atoms with E-state index in [-0.39, 0.29) is 29.8 Å². The zero-order chi connectivity index (χ0) is 17.9. The van der Waals surface area contributed by atoms with Crippen molar-refractivity contribution in [1.82, 2.24) is 15.5 Å². The molecule has 0 bridgehead atoms. The molecule has 2 N–H and O–H groups in total. The van der Waals surface area contributed by atoms with Crippen LogP contribution in [-0.4, -0.2) is 56.9 Å². The Balaban J connectivity index is 0.00000338. The number of halogens is 2. The third kappa shape index (κ3) is 9.41. The molecule has 0 atom stereocenters. The van der Waals surface area contributed by atoms with E-state index in [0.29, 0.717) is 0 Å². The van der Waals surface area contributed by atoms with Crippen molar-refractivity contribution in [1.29, 1.82) is 0 Å². The molecule has 0 aromatic heterocycles. The molecule has 0 aliphatic carbocycles. The topological polar surface area (TPSA) is 39.7 Å². The molecule has 0 saturated carbocycles. The number of nitrogens with one attached hydrogen (secondary N) is 2. The number of rotatable bonds is 8. The Hall–Kier alpha value is -0.540. The zero-order valence-corrected chi connectivity index (χ0v) is 19.0. The van der Waals surface area contributed by atoms with Crippen molar-refractivity contribution < 1.29 is 4.39 Å². The molecule has 0 unspecified atom stereocenters. The zero-order valence-electron chi connectivity index (χ0n) is 15.8. The molecule has 1 heterocycles. The van der Waals surface area contributed by atoms with E-state index in [2.05, 4.69) is 27.6 Å². The highest BCUT2D eigenvalue weighted by Crippen LogP contribution is 2.19. The second-order valence-corrected chi connectivity index (χ2v) is 7.79. The van der Waals surface area contributed by atoms with Crippen LogP contribution in [0.4, 0.5) is 4.39 Å². The van der Waals surface area contributed by atoms with Gasteiger partial charge in [-0.05, 0) is 81.8 Å². The quantitative estimate of drug-likeness (QED) is 0.190. The molecule has 1 aliphatic rings. The van der Waals surface area contributed by atoms with Crippen molar-refractivity contribution in [2.45, 2.75) is 30.6 Å². The Labute approximate surface area is 178 Å². The van der Waals surface area contributed by atoms with Gasteiger partial charge >= 0.3 is 0 Å². The summed E-state index contributed by atoms with van der Waals surface area (Å²) in [5.74, 6) is 2.56. The molecule has 1 aliphatic heterocycles. The van der Waals surface area contributed by atoms with Gasteiger partial charge in [-0.3, -0.25) is 4.99 Å². The van der Waals surface area contributed by atoms with Crippen molar-refractivity contribution in [3.05, 3.63) is 30.1 Å². The monoisotopic (exact) mass is 494 g/mol. The minimum absolute atomic E-state index is 0. The van der Waals surface area contributed by atoms with Crippen LogP contribution in [0.5, 0.6) is 0 Å². The number of piperidine rings is 1. The van der Waals surface area contributed by atoms with E-state index in [1.165, 1.54) is 44.5 Å². The molecule has 1 aromatic rings. The maximum Gasteiger partial charge on any atom is 0.190 e. The number of aliphatic imine (C=N–C) groups is 1. The van der Waals surface area contributed by atoms with Crippen molar-refractivity contribution >= 4 is 41.7 Å². The summed E-state index contributed by atoms with van der Waals surface area (Å²) < 4.78 is 12.9. The number of hydrogen-bond donors (Lipinski definition) is 2. The summed E-state index contributed by atoms with van der Waals surface area (Å²) in [6.45, 7) is 4.33. The van der Waals surface area contributed by atoms with Crippen LogP contribution in [0, 0.1) is 11.7 Å². The Morgan fingerprint density at radius 3 is 2.50 bits per heavy atom. The molecular formula is C19H32FIN4S. The number of benzene rings is 1. The first kappa shape index (κ1) is 23.5. The van der Waals surface area contributed by atoms with Gasteiger partial charge in [-0.1, -0.05) is 0 Å². The standard InChI is InChI=1S/C19H31FN4S.HI/c1-21-19(23-12-8-16-9-13-24(2)14-10-16)22-11-3-15-25-18-6-4-17(20)5-7-18;/h4-7,16H,3,8-15H2,1-2H3,(H2,21,22,23);1H. The molecule has 7 heteroatoms. The Morgan fingerprint density at radius 1 is 1.19 bits per heavy atom. The number of hydrogen-bond acceptors (Lipinski definition) is 3. The molecule has 0 radical (unpaired) electrons. The van der Waals surface area contributed by atoms with Gasteiger partial charge in [-0.25, -0.2) is 4.39 Å². The van der Waals surface area contributed by atoms with Gasteiger partial charge < -0.3 is 15.5 Å². The van der Waals surface area contributed by atoms with Gasteiger partial charge in [0, 0.05) is 25.0 Å². The third-order valence-corrected chi connectivity index (χ3v) is 5.70. The summed E-state index contributed by atoms with van der Waals surface area (Å²) in [6, 6.07) is 6.68. The van der Waals surface area contributed by atoms with E-state index < -0.39 is 0 Å². The average Bonchev–Trinajstić information content (AvgIpc) is 2.63. The van der Waals surface area contributed by atoms with Gasteiger partial charge in [0.05, 0.1) is 0 Å². The maximum absolute atomic E-state index is 12.9. The highest BCUT2D eigenvalue weighted by Gasteiger charge is 2.16. The molecule has 1 aromatic carbocycles. The first-order chi connectivity index (χ1) is 12.2. The van der Waals surface area contributed by atoms with Crippen LogP contribution < -0.4 is 10.6 Å². The third-order valence-electron chi connectivity index (χ3n) is 4.60. The predicted octanol–water partition coefficient (Wildman–Crippen LogP) is 3.82. The lowest BCUT2D eigenvalue weighted by molar-refractivity contribution is 0.213. The van der Waals surface area contributed by atoms with E-state index in [0.717, 1.165) is 42.0 Å². The van der Waals surface area contributed by atoms with Crippen LogP contribution in [0.3, 0.4) is 0 Å². The lowest BCUT2D eigenvalue weighted by atomic mass is 9.94. The van der Waals surface area contributed by atoms with E-state index in [9.17, 15) is 4.39 Å². The molecule has 2 rings (SSSR count). The summed E-state index contributed by atoms with van der Waals surface area (Å²) in [4.78, 5) is 7.81. The van der Waals surface area contributed by atoms with Crippen LogP contribution in [0.15, 0.2) is 34.2 Å². The number of guanidine groups is 1. The normalized spacial score (nSPS) is 16.2. The lowest BCUT2D eigenvalue weighted by Crippen LogP contribution is -2.39. The molecule has 1 saturated heterocycles. The molecule has 0 spiro atoms. The van der Waals surface area contributed by atoms with Crippen LogP contribution in [0.1, 0.15) is 25.7 Å². The van der Waals surface area contributed by atoms with Crippen molar-refractivity contribution in [2.24, 2.45) is 10.9 Å². The minimum atomic E-state index is -0.180. The van der Waals surface area contributed by atoms with E-state index in [4.69, 9.17) is 0 Å². The van der Waals surface area contributed by atoms with E-state index in [1.807, 2.05) is 19.2 Å². The van der Waals surface area contributed by atoms with Crippen molar-refractivity contribution in [3.63, 3.8) is 0 Å². The van der Waals surface area contributed by atoms with Gasteiger partial charge in [-0.15, -0.1) is 35.7 Å².